The van der Waals surface area contributed by atoms with Crippen LogP contribution in [0.3, 0.4) is 0 Å². The highest BCUT2D eigenvalue weighted by Gasteiger charge is 2.46. The maximum Gasteiger partial charge on any atom is 0.250 e. The number of nitrogens with zero attached hydrogens (tertiary/aromatic N) is 4. The number of carbonyl (C=O) groups excluding carboxylic acids is 1. The molecule has 0 aliphatic carbocycles. The lowest BCUT2D eigenvalue weighted by atomic mass is 9.78. The summed E-state index contributed by atoms with van der Waals surface area (Å²) >= 11 is 0. The van der Waals surface area contributed by atoms with Gasteiger partial charge in [0.1, 0.15) is 6.54 Å². The molecule has 144 valence electrons. The zero-order valence-corrected chi connectivity index (χ0v) is 15.9. The van der Waals surface area contributed by atoms with E-state index in [-0.39, 0.29) is 23.6 Å². The topological polar surface area (TPSA) is 74.2 Å². The van der Waals surface area contributed by atoms with Crippen LogP contribution in [-0.4, -0.2) is 56.4 Å². The van der Waals surface area contributed by atoms with Crippen LogP contribution >= 0.6 is 0 Å². The Morgan fingerprint density at radius 2 is 2.07 bits per heavy atom. The van der Waals surface area contributed by atoms with Crippen molar-refractivity contribution in [3.05, 3.63) is 52.5 Å². The van der Waals surface area contributed by atoms with Gasteiger partial charge in [-0.1, -0.05) is 13.0 Å². The summed E-state index contributed by atoms with van der Waals surface area (Å²) in [6.45, 7) is 5.82. The smallest absolute Gasteiger partial charge is 0.250 e. The minimum Gasteiger partial charge on any atom is -0.348 e. The third-order valence-electron chi connectivity index (χ3n) is 6.04. The van der Waals surface area contributed by atoms with Gasteiger partial charge in [0.2, 0.25) is 5.91 Å². The summed E-state index contributed by atoms with van der Waals surface area (Å²) < 4.78 is 1.47. The van der Waals surface area contributed by atoms with E-state index in [1.54, 1.807) is 24.7 Å². The Bertz CT molecular complexity index is 863. The fraction of sp³-hybridized carbons (Fsp3) is 0.550. The molecule has 0 aromatic carbocycles. The van der Waals surface area contributed by atoms with Crippen molar-refractivity contribution in [2.75, 3.05) is 26.2 Å². The molecule has 1 saturated heterocycles. The Morgan fingerprint density at radius 3 is 2.81 bits per heavy atom. The van der Waals surface area contributed by atoms with Crippen LogP contribution in [0.15, 0.2) is 35.5 Å². The summed E-state index contributed by atoms with van der Waals surface area (Å²) in [6.07, 6.45) is 7.38. The quantitative estimate of drug-likeness (QED) is 0.883. The first-order valence-electron chi connectivity index (χ1n) is 9.85. The molecule has 1 N–H and O–H groups in total. The molecule has 4 heterocycles. The van der Waals surface area contributed by atoms with Crippen LogP contribution in [0.25, 0.3) is 0 Å². The second kappa shape index (κ2) is 7.31. The molecule has 1 amide bonds. The Labute approximate surface area is 159 Å². The van der Waals surface area contributed by atoms with E-state index in [0.29, 0.717) is 13.1 Å². The van der Waals surface area contributed by atoms with Gasteiger partial charge in [0.25, 0.3) is 5.56 Å². The first kappa shape index (κ1) is 18.0. The van der Waals surface area contributed by atoms with Crippen LogP contribution < -0.4 is 5.56 Å². The molecule has 7 heteroatoms. The lowest BCUT2D eigenvalue weighted by molar-refractivity contribution is -0.135. The van der Waals surface area contributed by atoms with E-state index in [2.05, 4.69) is 21.8 Å². The Morgan fingerprint density at radius 1 is 1.26 bits per heavy atom. The molecule has 1 spiro atoms. The molecule has 0 radical (unpaired) electrons. The van der Waals surface area contributed by atoms with E-state index in [9.17, 15) is 9.59 Å². The standard InChI is InChI=1S/C20H27N5O2/c1-2-9-25-11-6-16-19(22-15-21-16)20(25)7-12-23(13-8-20)18(27)14-24-10-4-3-5-17(24)26/h3-5,10,15H,2,6-9,11-14H2,1H3,(H,21,22). The molecule has 2 aliphatic heterocycles. The number of aromatic amines is 1. The fourth-order valence-electron chi connectivity index (χ4n) is 4.63. The zero-order chi connectivity index (χ0) is 18.9. The molecule has 0 unspecified atom stereocenters. The van der Waals surface area contributed by atoms with E-state index in [0.717, 1.165) is 38.8 Å². The molecule has 7 nitrogen and oxygen atoms in total. The molecule has 0 saturated carbocycles. The second-order valence-electron chi connectivity index (χ2n) is 7.55. The molecule has 0 atom stereocenters. The molecular weight excluding hydrogens is 342 g/mol. The summed E-state index contributed by atoms with van der Waals surface area (Å²) in [5, 5.41) is 0. The predicted octanol–water partition coefficient (Wildman–Crippen LogP) is 1.36. The van der Waals surface area contributed by atoms with Crippen molar-refractivity contribution in [1.82, 2.24) is 24.3 Å². The number of amides is 1. The van der Waals surface area contributed by atoms with Crippen molar-refractivity contribution in [2.24, 2.45) is 0 Å². The number of aromatic nitrogens is 3. The summed E-state index contributed by atoms with van der Waals surface area (Å²) in [5.41, 5.74) is 2.22. The number of carbonyl (C=O) groups is 1. The van der Waals surface area contributed by atoms with Crippen molar-refractivity contribution < 1.29 is 4.79 Å². The average molecular weight is 369 g/mol. The first-order chi connectivity index (χ1) is 13.1. The number of hydrogen-bond acceptors (Lipinski definition) is 4. The second-order valence-corrected chi connectivity index (χ2v) is 7.55. The van der Waals surface area contributed by atoms with Crippen LogP contribution in [0.4, 0.5) is 0 Å². The maximum absolute atomic E-state index is 12.7. The zero-order valence-electron chi connectivity index (χ0n) is 15.9. The number of H-pyrrole nitrogens is 1. The number of hydrogen-bond donors (Lipinski definition) is 1. The molecule has 1 fully saturated rings. The molecule has 2 aromatic rings. The third-order valence-corrected chi connectivity index (χ3v) is 6.04. The molecular formula is C20H27N5O2. The molecule has 2 aliphatic rings. The molecule has 27 heavy (non-hydrogen) atoms. The van der Waals surface area contributed by atoms with E-state index < -0.39 is 0 Å². The van der Waals surface area contributed by atoms with Gasteiger partial charge in [0.15, 0.2) is 0 Å². The number of piperidine rings is 1. The number of likely N-dealkylation sites (tertiary alicyclic amines) is 1. The summed E-state index contributed by atoms with van der Waals surface area (Å²) in [4.78, 5) is 37.0. The van der Waals surface area contributed by atoms with Crippen molar-refractivity contribution in [1.29, 1.82) is 0 Å². The van der Waals surface area contributed by atoms with E-state index in [1.165, 1.54) is 22.0 Å². The predicted molar refractivity (Wildman–Crippen MR) is 102 cm³/mol. The average Bonchev–Trinajstić information content (AvgIpc) is 3.17. The summed E-state index contributed by atoms with van der Waals surface area (Å²) in [6, 6.07) is 4.96. The normalized spacial score (nSPS) is 19.2. The van der Waals surface area contributed by atoms with Gasteiger partial charge in [-0.2, -0.15) is 0 Å². The van der Waals surface area contributed by atoms with Crippen molar-refractivity contribution in [2.45, 2.75) is 44.7 Å². The Kier molecular flexibility index (Phi) is 4.86. The largest absolute Gasteiger partial charge is 0.348 e. The fourth-order valence-corrected chi connectivity index (χ4v) is 4.63. The van der Waals surface area contributed by atoms with Crippen molar-refractivity contribution in [3.8, 4) is 0 Å². The van der Waals surface area contributed by atoms with Crippen molar-refractivity contribution >= 4 is 5.91 Å². The van der Waals surface area contributed by atoms with Gasteiger partial charge in [0, 0.05) is 44.0 Å². The third kappa shape index (κ3) is 3.20. The molecule has 4 rings (SSSR count). The van der Waals surface area contributed by atoms with Crippen LogP contribution in [0.1, 0.15) is 37.6 Å². The van der Waals surface area contributed by atoms with E-state index in [4.69, 9.17) is 0 Å². The minimum absolute atomic E-state index is 0.0123. The summed E-state index contributed by atoms with van der Waals surface area (Å²) in [5.74, 6) is 0.0123. The number of pyridine rings is 1. The van der Waals surface area contributed by atoms with Crippen LogP contribution in [-0.2, 0) is 23.3 Å². The van der Waals surface area contributed by atoms with Gasteiger partial charge in [-0.25, -0.2) is 4.98 Å². The Balaban J connectivity index is 1.50. The highest BCUT2D eigenvalue weighted by molar-refractivity contribution is 5.76. The first-order valence-corrected chi connectivity index (χ1v) is 9.85. The van der Waals surface area contributed by atoms with Crippen LogP contribution in [0.2, 0.25) is 0 Å². The molecule has 0 bridgehead atoms. The highest BCUT2D eigenvalue weighted by Crippen LogP contribution is 2.42. The van der Waals surface area contributed by atoms with Gasteiger partial charge in [-0.15, -0.1) is 0 Å². The summed E-state index contributed by atoms with van der Waals surface area (Å²) in [7, 11) is 0. The van der Waals surface area contributed by atoms with Gasteiger partial charge in [-0.05, 0) is 31.9 Å². The maximum atomic E-state index is 12.7. The van der Waals surface area contributed by atoms with Crippen LogP contribution in [0.5, 0.6) is 0 Å². The minimum atomic E-state index is -0.137. The molecule has 2 aromatic heterocycles. The van der Waals surface area contributed by atoms with Crippen LogP contribution in [0, 0.1) is 0 Å². The lowest BCUT2D eigenvalue weighted by Gasteiger charge is -2.50. The van der Waals surface area contributed by atoms with Gasteiger partial charge < -0.3 is 14.5 Å². The lowest BCUT2D eigenvalue weighted by Crippen LogP contribution is -2.57. The van der Waals surface area contributed by atoms with Gasteiger partial charge in [-0.3, -0.25) is 14.5 Å². The number of fused-ring (bicyclic) bond motifs is 2. The monoisotopic (exact) mass is 369 g/mol. The van der Waals surface area contributed by atoms with E-state index in [1.807, 2.05) is 4.90 Å². The number of nitrogens with one attached hydrogen (secondary N) is 1. The van der Waals surface area contributed by atoms with Crippen molar-refractivity contribution in [3.63, 3.8) is 0 Å². The van der Waals surface area contributed by atoms with Gasteiger partial charge >= 0.3 is 0 Å². The van der Waals surface area contributed by atoms with Gasteiger partial charge in [0.05, 0.1) is 17.6 Å². The highest BCUT2D eigenvalue weighted by atomic mass is 16.2. The SMILES string of the molecule is CCCN1CCc2[nH]cnc2C12CCN(C(=O)Cn1ccccc1=O)CC2. The Hall–Kier alpha value is -2.41. The number of rotatable bonds is 4. The number of imidazole rings is 1. The van der Waals surface area contributed by atoms with E-state index >= 15 is 0 Å².